The zero-order chi connectivity index (χ0) is 14.0. The Kier molecular flexibility index (Phi) is 3.85. The molecule has 100 valence electrons. The molecule has 2 rings (SSSR count). The second-order valence-corrected chi connectivity index (χ2v) is 5.61. The molecule has 1 amide bonds. The van der Waals surface area contributed by atoms with Gasteiger partial charge in [-0.05, 0) is 44.0 Å². The van der Waals surface area contributed by atoms with E-state index in [1.54, 1.807) is 18.2 Å². The van der Waals surface area contributed by atoms with E-state index in [0.29, 0.717) is 16.4 Å². The van der Waals surface area contributed by atoms with Gasteiger partial charge in [-0.3, -0.25) is 10.1 Å². The Balaban J connectivity index is 2.20. The van der Waals surface area contributed by atoms with Gasteiger partial charge in [0.15, 0.2) is 5.13 Å². The van der Waals surface area contributed by atoms with Crippen molar-refractivity contribution in [3.8, 4) is 0 Å². The van der Waals surface area contributed by atoms with Gasteiger partial charge in [0.1, 0.15) is 0 Å². The number of nitrogens with one attached hydrogen (secondary N) is 1. The lowest BCUT2D eigenvalue weighted by Gasteiger charge is -2.06. The number of benzene rings is 1. The van der Waals surface area contributed by atoms with E-state index in [0.717, 1.165) is 22.6 Å². The Bertz CT molecular complexity index is 619. The van der Waals surface area contributed by atoms with E-state index in [1.807, 2.05) is 13.8 Å². The molecular formula is C14H17N3OS. The third kappa shape index (κ3) is 2.93. The molecule has 2 aromatic rings. The molecule has 0 bridgehead atoms. The van der Waals surface area contributed by atoms with Crippen LogP contribution in [0.25, 0.3) is 0 Å². The monoisotopic (exact) mass is 275 g/mol. The van der Waals surface area contributed by atoms with E-state index < -0.39 is 0 Å². The van der Waals surface area contributed by atoms with E-state index in [1.165, 1.54) is 11.3 Å². The normalized spacial score (nSPS) is 10.5. The molecule has 0 unspecified atom stereocenters. The van der Waals surface area contributed by atoms with Crippen molar-refractivity contribution >= 4 is 28.1 Å². The molecule has 0 fully saturated rings. The highest BCUT2D eigenvalue weighted by molar-refractivity contribution is 7.15. The molecule has 0 radical (unpaired) electrons. The number of carbonyl (C=O) groups excluding carboxylic acids is 1. The number of thiazole rings is 1. The van der Waals surface area contributed by atoms with Crippen molar-refractivity contribution in [2.45, 2.75) is 27.2 Å². The average Bonchev–Trinajstić information content (AvgIpc) is 2.69. The van der Waals surface area contributed by atoms with Gasteiger partial charge in [-0.1, -0.05) is 6.92 Å². The molecular weight excluding hydrogens is 258 g/mol. The van der Waals surface area contributed by atoms with Crippen LogP contribution in [0.3, 0.4) is 0 Å². The van der Waals surface area contributed by atoms with Crippen LogP contribution in [0.5, 0.6) is 0 Å². The second-order valence-electron chi connectivity index (χ2n) is 4.40. The van der Waals surface area contributed by atoms with Crippen molar-refractivity contribution in [1.82, 2.24) is 4.98 Å². The number of amides is 1. The first-order chi connectivity index (χ1) is 9.01. The number of rotatable bonds is 3. The van der Waals surface area contributed by atoms with E-state index in [9.17, 15) is 4.79 Å². The summed E-state index contributed by atoms with van der Waals surface area (Å²) in [5.41, 5.74) is 8.86. The Morgan fingerprint density at radius 3 is 2.74 bits per heavy atom. The van der Waals surface area contributed by atoms with Crippen LogP contribution in [0, 0.1) is 13.8 Å². The fraction of sp³-hybridized carbons (Fsp3) is 0.286. The maximum absolute atomic E-state index is 12.2. The third-order valence-electron chi connectivity index (χ3n) is 2.94. The Hall–Kier alpha value is -1.88. The summed E-state index contributed by atoms with van der Waals surface area (Å²) in [5, 5.41) is 3.49. The number of nitrogens with zero attached hydrogens (tertiary/aromatic N) is 1. The van der Waals surface area contributed by atoms with Gasteiger partial charge in [0.25, 0.3) is 5.91 Å². The number of aryl methyl sites for hydroxylation is 3. The molecule has 0 saturated heterocycles. The molecule has 0 aliphatic carbocycles. The van der Waals surface area contributed by atoms with Crippen LogP contribution < -0.4 is 11.1 Å². The van der Waals surface area contributed by atoms with Crippen molar-refractivity contribution in [3.05, 3.63) is 39.9 Å². The summed E-state index contributed by atoms with van der Waals surface area (Å²) in [6.45, 7) is 5.94. The van der Waals surface area contributed by atoms with Crippen LogP contribution in [-0.4, -0.2) is 10.9 Å². The molecule has 0 aliphatic heterocycles. The number of hydrogen-bond donors (Lipinski definition) is 2. The van der Waals surface area contributed by atoms with Crippen LogP contribution in [0.2, 0.25) is 0 Å². The fourth-order valence-electron chi connectivity index (χ4n) is 1.92. The van der Waals surface area contributed by atoms with Crippen LogP contribution in [0.15, 0.2) is 18.2 Å². The Morgan fingerprint density at radius 1 is 1.42 bits per heavy atom. The number of nitrogens with two attached hydrogens (primary N) is 1. The lowest BCUT2D eigenvalue weighted by atomic mass is 10.1. The van der Waals surface area contributed by atoms with E-state index >= 15 is 0 Å². The molecule has 0 saturated carbocycles. The predicted octanol–water partition coefficient (Wildman–Crippen LogP) is 3.16. The largest absolute Gasteiger partial charge is 0.399 e. The minimum Gasteiger partial charge on any atom is -0.399 e. The SMILES string of the molecule is CCc1nc(NC(=O)c2ccc(N)cc2C)sc1C. The van der Waals surface area contributed by atoms with E-state index in [4.69, 9.17) is 5.73 Å². The summed E-state index contributed by atoms with van der Waals surface area (Å²) in [6.07, 6.45) is 0.874. The standard InChI is InChI=1S/C14H17N3OS/c1-4-12-9(3)19-14(16-12)17-13(18)11-6-5-10(15)7-8(11)2/h5-7H,4,15H2,1-3H3,(H,16,17,18). The number of carbonyl (C=O) groups is 1. The van der Waals surface area contributed by atoms with Gasteiger partial charge >= 0.3 is 0 Å². The van der Waals surface area contributed by atoms with Crippen LogP contribution in [0.4, 0.5) is 10.8 Å². The number of aromatic nitrogens is 1. The topological polar surface area (TPSA) is 68.0 Å². The van der Waals surface area contributed by atoms with Gasteiger partial charge in [0.05, 0.1) is 5.69 Å². The van der Waals surface area contributed by atoms with Crippen LogP contribution >= 0.6 is 11.3 Å². The van der Waals surface area contributed by atoms with Crippen molar-refractivity contribution in [2.75, 3.05) is 11.1 Å². The summed E-state index contributed by atoms with van der Waals surface area (Å²) in [4.78, 5) is 17.7. The Morgan fingerprint density at radius 2 is 2.16 bits per heavy atom. The number of nitrogen functional groups attached to an aromatic ring is 1. The summed E-state index contributed by atoms with van der Waals surface area (Å²) in [5.74, 6) is -0.145. The van der Waals surface area contributed by atoms with Gasteiger partial charge in [-0.25, -0.2) is 4.98 Å². The molecule has 1 aromatic heterocycles. The first kappa shape index (κ1) is 13.5. The summed E-state index contributed by atoms with van der Waals surface area (Å²) >= 11 is 1.50. The first-order valence-corrected chi connectivity index (χ1v) is 6.96. The van der Waals surface area contributed by atoms with Crippen molar-refractivity contribution < 1.29 is 4.79 Å². The van der Waals surface area contributed by atoms with Crippen LogP contribution in [0.1, 0.15) is 33.4 Å². The van der Waals surface area contributed by atoms with Gasteiger partial charge in [-0.2, -0.15) is 0 Å². The van der Waals surface area contributed by atoms with Gasteiger partial charge in [0, 0.05) is 16.1 Å². The minimum atomic E-state index is -0.145. The van der Waals surface area contributed by atoms with Crippen molar-refractivity contribution in [3.63, 3.8) is 0 Å². The molecule has 3 N–H and O–H groups in total. The van der Waals surface area contributed by atoms with Gasteiger partial charge in [0.2, 0.25) is 0 Å². The zero-order valence-electron chi connectivity index (χ0n) is 11.3. The van der Waals surface area contributed by atoms with Crippen molar-refractivity contribution in [2.24, 2.45) is 0 Å². The maximum atomic E-state index is 12.2. The lowest BCUT2D eigenvalue weighted by molar-refractivity contribution is 0.102. The Labute approximate surface area is 116 Å². The summed E-state index contributed by atoms with van der Waals surface area (Å²) < 4.78 is 0. The molecule has 5 heteroatoms. The van der Waals surface area contributed by atoms with E-state index in [2.05, 4.69) is 17.2 Å². The molecule has 0 aliphatic rings. The average molecular weight is 275 g/mol. The molecule has 19 heavy (non-hydrogen) atoms. The zero-order valence-corrected chi connectivity index (χ0v) is 12.1. The smallest absolute Gasteiger partial charge is 0.257 e. The third-order valence-corrected chi connectivity index (χ3v) is 3.87. The highest BCUT2D eigenvalue weighted by Crippen LogP contribution is 2.23. The first-order valence-electron chi connectivity index (χ1n) is 6.15. The van der Waals surface area contributed by atoms with Crippen molar-refractivity contribution in [1.29, 1.82) is 0 Å². The number of hydrogen-bond acceptors (Lipinski definition) is 4. The molecule has 1 aromatic carbocycles. The van der Waals surface area contributed by atoms with Gasteiger partial charge < -0.3 is 5.73 Å². The quantitative estimate of drug-likeness (QED) is 0.845. The van der Waals surface area contributed by atoms with Gasteiger partial charge in [-0.15, -0.1) is 11.3 Å². The predicted molar refractivity (Wildman–Crippen MR) is 79.8 cm³/mol. The molecule has 1 heterocycles. The summed E-state index contributed by atoms with van der Waals surface area (Å²) in [6, 6.07) is 5.26. The molecule has 0 atom stereocenters. The molecule has 4 nitrogen and oxygen atoms in total. The molecule has 0 spiro atoms. The summed E-state index contributed by atoms with van der Waals surface area (Å²) in [7, 11) is 0. The second kappa shape index (κ2) is 5.40. The maximum Gasteiger partial charge on any atom is 0.257 e. The van der Waals surface area contributed by atoms with E-state index in [-0.39, 0.29) is 5.91 Å². The number of anilines is 2. The lowest BCUT2D eigenvalue weighted by Crippen LogP contribution is -2.13. The minimum absolute atomic E-state index is 0.145. The highest BCUT2D eigenvalue weighted by Gasteiger charge is 2.12. The van der Waals surface area contributed by atoms with Crippen LogP contribution in [-0.2, 0) is 6.42 Å². The fourth-order valence-corrected chi connectivity index (χ4v) is 2.81. The highest BCUT2D eigenvalue weighted by atomic mass is 32.1.